The minimum absolute atomic E-state index is 0.0990. The number of anilines is 1. The maximum atomic E-state index is 11.8. The first-order chi connectivity index (χ1) is 12.1. The van der Waals surface area contributed by atoms with E-state index in [1.807, 2.05) is 30.3 Å². The van der Waals surface area contributed by atoms with Crippen LogP contribution >= 0.6 is 38.5 Å². The molecular formula is C17H17BrIN3O3. The Labute approximate surface area is 167 Å². The fraction of sp³-hybridized carbons (Fsp3) is 0.294. The molecule has 2 heterocycles. The topological polar surface area (TPSA) is 67.1 Å². The molecule has 132 valence electrons. The van der Waals surface area contributed by atoms with Gasteiger partial charge in [0.2, 0.25) is 5.88 Å². The summed E-state index contributed by atoms with van der Waals surface area (Å²) < 4.78 is 13.1. The molecule has 0 radical (unpaired) electrons. The van der Waals surface area contributed by atoms with Crippen molar-refractivity contribution < 1.29 is 13.9 Å². The molecule has 8 heteroatoms. The lowest BCUT2D eigenvalue weighted by atomic mass is 10.3. The molecule has 0 unspecified atom stereocenters. The molecule has 1 aromatic carbocycles. The molecule has 1 N–H and O–H groups in total. The lowest BCUT2D eigenvalue weighted by molar-refractivity contribution is -0.123. The number of halogens is 2. The molecule has 2 aromatic rings. The van der Waals surface area contributed by atoms with Crippen LogP contribution in [0.2, 0.25) is 0 Å². The highest BCUT2D eigenvalue weighted by molar-refractivity contribution is 14.1. The van der Waals surface area contributed by atoms with Crippen LogP contribution in [0.15, 0.2) is 44.3 Å². The van der Waals surface area contributed by atoms with Gasteiger partial charge in [-0.3, -0.25) is 4.79 Å². The highest BCUT2D eigenvalue weighted by atomic mass is 127. The van der Waals surface area contributed by atoms with E-state index in [9.17, 15) is 4.79 Å². The van der Waals surface area contributed by atoms with Gasteiger partial charge < -0.3 is 14.1 Å². The van der Waals surface area contributed by atoms with E-state index < -0.39 is 0 Å². The van der Waals surface area contributed by atoms with Crippen molar-refractivity contribution in [3.05, 3.63) is 44.1 Å². The lowest BCUT2D eigenvalue weighted by Crippen LogP contribution is -2.24. The van der Waals surface area contributed by atoms with Crippen LogP contribution in [0.1, 0.15) is 18.6 Å². The number of hydrogen-bond donors (Lipinski definition) is 1. The Morgan fingerprint density at radius 1 is 1.40 bits per heavy atom. The summed E-state index contributed by atoms with van der Waals surface area (Å²) >= 11 is 5.66. The summed E-state index contributed by atoms with van der Waals surface area (Å²) in [7, 11) is 0. The summed E-state index contributed by atoms with van der Waals surface area (Å²) in [6, 6.07) is 9.35. The maximum Gasteiger partial charge on any atom is 0.277 e. The molecule has 1 amide bonds. The van der Waals surface area contributed by atoms with Crippen molar-refractivity contribution >= 4 is 56.5 Å². The largest absolute Gasteiger partial charge is 0.483 e. The second kappa shape index (κ2) is 8.70. The van der Waals surface area contributed by atoms with Gasteiger partial charge in [-0.2, -0.15) is 5.10 Å². The maximum absolute atomic E-state index is 11.8. The Balaban J connectivity index is 1.50. The zero-order chi connectivity index (χ0) is 17.6. The third-order valence-electron chi connectivity index (χ3n) is 3.66. The van der Waals surface area contributed by atoms with Gasteiger partial charge in [-0.25, -0.2) is 5.43 Å². The first-order valence-corrected chi connectivity index (χ1v) is 9.74. The van der Waals surface area contributed by atoms with E-state index in [2.05, 4.69) is 53.9 Å². The zero-order valence-electron chi connectivity index (χ0n) is 13.4. The molecule has 1 aliphatic heterocycles. The quantitative estimate of drug-likeness (QED) is 0.360. The van der Waals surface area contributed by atoms with Crippen LogP contribution < -0.4 is 15.1 Å². The average molecular weight is 518 g/mol. The molecule has 1 aromatic heterocycles. The van der Waals surface area contributed by atoms with Crippen molar-refractivity contribution in [2.45, 2.75) is 12.8 Å². The van der Waals surface area contributed by atoms with Crippen LogP contribution in [0.4, 0.5) is 5.88 Å². The molecule has 0 bridgehead atoms. The van der Waals surface area contributed by atoms with Gasteiger partial charge in [0.15, 0.2) is 12.4 Å². The van der Waals surface area contributed by atoms with E-state index in [0.717, 1.165) is 27.0 Å². The van der Waals surface area contributed by atoms with E-state index >= 15 is 0 Å². The number of amides is 1. The van der Waals surface area contributed by atoms with E-state index in [4.69, 9.17) is 9.15 Å². The zero-order valence-corrected chi connectivity index (χ0v) is 17.1. The van der Waals surface area contributed by atoms with Gasteiger partial charge in [-0.15, -0.1) is 0 Å². The summed E-state index contributed by atoms with van der Waals surface area (Å²) in [4.78, 5) is 14.0. The standard InChI is InChI=1S/C17H17BrIN3O3/c18-13-9-12(25-17(13)22-7-3-4-8-22)10-20-21-16(23)11-24-15-6-2-1-5-14(15)19/h1-2,5-6,9-10H,3-4,7-8,11H2,(H,21,23)/b20-10+. The smallest absolute Gasteiger partial charge is 0.277 e. The molecule has 1 aliphatic rings. The van der Waals surface area contributed by atoms with Gasteiger partial charge in [0.05, 0.1) is 14.3 Å². The highest BCUT2D eigenvalue weighted by Gasteiger charge is 2.19. The summed E-state index contributed by atoms with van der Waals surface area (Å²) in [6.45, 7) is 1.89. The molecule has 1 fully saturated rings. The van der Waals surface area contributed by atoms with E-state index in [-0.39, 0.29) is 12.5 Å². The molecule has 1 saturated heterocycles. The van der Waals surface area contributed by atoms with Crippen molar-refractivity contribution in [2.75, 3.05) is 24.6 Å². The van der Waals surface area contributed by atoms with Crippen molar-refractivity contribution in [3.63, 3.8) is 0 Å². The number of furan rings is 1. The predicted molar refractivity (Wildman–Crippen MR) is 108 cm³/mol. The Kier molecular flexibility index (Phi) is 6.35. The number of nitrogens with one attached hydrogen (secondary N) is 1. The third kappa shape index (κ3) is 4.97. The predicted octanol–water partition coefficient (Wildman–Crippen LogP) is 3.78. The summed E-state index contributed by atoms with van der Waals surface area (Å²) in [6.07, 6.45) is 3.83. The second-order valence-electron chi connectivity index (χ2n) is 5.51. The molecule has 0 atom stereocenters. The summed E-state index contributed by atoms with van der Waals surface area (Å²) in [5.41, 5.74) is 2.43. The van der Waals surface area contributed by atoms with E-state index in [0.29, 0.717) is 11.5 Å². The first-order valence-electron chi connectivity index (χ1n) is 7.87. The normalized spacial score (nSPS) is 14.2. The van der Waals surface area contributed by atoms with E-state index in [1.54, 1.807) is 0 Å². The highest BCUT2D eigenvalue weighted by Crippen LogP contribution is 2.31. The number of hydrogen-bond acceptors (Lipinski definition) is 5. The van der Waals surface area contributed by atoms with Gasteiger partial charge >= 0.3 is 0 Å². The monoisotopic (exact) mass is 517 g/mol. The minimum Gasteiger partial charge on any atom is -0.483 e. The van der Waals surface area contributed by atoms with Crippen LogP contribution in [0.25, 0.3) is 0 Å². The van der Waals surface area contributed by atoms with Crippen LogP contribution in [0.5, 0.6) is 5.75 Å². The number of rotatable bonds is 6. The number of carbonyl (C=O) groups excluding carboxylic acids is 1. The van der Waals surface area contributed by atoms with Crippen LogP contribution in [-0.4, -0.2) is 31.8 Å². The van der Waals surface area contributed by atoms with Gasteiger partial charge in [-0.1, -0.05) is 12.1 Å². The molecule has 0 spiro atoms. The second-order valence-corrected chi connectivity index (χ2v) is 7.52. The third-order valence-corrected chi connectivity index (χ3v) is 5.12. The van der Waals surface area contributed by atoms with Crippen molar-refractivity contribution in [1.29, 1.82) is 0 Å². The fourth-order valence-corrected chi connectivity index (χ4v) is 3.58. The number of ether oxygens (including phenoxy) is 1. The Morgan fingerprint density at radius 2 is 2.16 bits per heavy atom. The number of carbonyl (C=O) groups is 1. The Hall–Kier alpha value is -1.55. The van der Waals surface area contributed by atoms with Crippen molar-refractivity contribution in [2.24, 2.45) is 5.10 Å². The van der Waals surface area contributed by atoms with Gasteiger partial charge in [0.25, 0.3) is 5.91 Å². The van der Waals surface area contributed by atoms with E-state index in [1.165, 1.54) is 19.1 Å². The fourth-order valence-electron chi connectivity index (χ4n) is 2.48. The molecule has 6 nitrogen and oxygen atoms in total. The first kappa shape index (κ1) is 18.2. The van der Waals surface area contributed by atoms with Crippen molar-refractivity contribution in [1.82, 2.24) is 5.43 Å². The van der Waals surface area contributed by atoms with Gasteiger partial charge in [0, 0.05) is 19.2 Å². The summed E-state index contributed by atoms with van der Waals surface area (Å²) in [5.74, 6) is 1.73. The lowest BCUT2D eigenvalue weighted by Gasteiger charge is -2.13. The SMILES string of the molecule is O=C(COc1ccccc1I)N/N=C/c1cc(Br)c(N2CCCC2)o1. The van der Waals surface area contributed by atoms with Crippen LogP contribution in [-0.2, 0) is 4.79 Å². The average Bonchev–Trinajstić information content (AvgIpc) is 3.23. The molecule has 0 aliphatic carbocycles. The number of hydrazone groups is 1. The molecule has 3 rings (SSSR count). The molecule has 25 heavy (non-hydrogen) atoms. The number of para-hydroxylation sites is 1. The van der Waals surface area contributed by atoms with Crippen LogP contribution in [0.3, 0.4) is 0 Å². The minimum atomic E-state index is -0.332. The molecule has 0 saturated carbocycles. The number of benzene rings is 1. The van der Waals surface area contributed by atoms with Crippen LogP contribution in [0, 0.1) is 3.57 Å². The molecular weight excluding hydrogens is 501 g/mol. The Bertz CT molecular complexity index is 772. The van der Waals surface area contributed by atoms with Gasteiger partial charge in [0.1, 0.15) is 5.75 Å². The van der Waals surface area contributed by atoms with Crippen molar-refractivity contribution in [3.8, 4) is 5.75 Å². The Morgan fingerprint density at radius 3 is 2.92 bits per heavy atom. The number of nitrogens with zero attached hydrogens (tertiary/aromatic N) is 2. The summed E-state index contributed by atoms with van der Waals surface area (Å²) in [5, 5.41) is 3.92. The van der Waals surface area contributed by atoms with Gasteiger partial charge in [-0.05, 0) is 63.5 Å².